The molecule has 0 atom stereocenters. The highest BCUT2D eigenvalue weighted by Crippen LogP contribution is 1.71. The van der Waals surface area contributed by atoms with Crippen LogP contribution in [0, 0.1) is 0 Å². The van der Waals surface area contributed by atoms with Crippen LogP contribution in [0.1, 0.15) is 6.92 Å². The standard InChI is InChI=1S/C6H12BN2/c1-3-9-5-4-8(2)6(9)7/h4-5H,3,7H2,1-2H3/q+1. The highest BCUT2D eigenvalue weighted by molar-refractivity contribution is 6.27. The van der Waals surface area contributed by atoms with Gasteiger partial charge in [0.25, 0.3) is 0 Å². The number of hydrogen-bond acceptors (Lipinski definition) is 0. The van der Waals surface area contributed by atoms with E-state index in [-0.39, 0.29) is 0 Å². The van der Waals surface area contributed by atoms with Crippen molar-refractivity contribution in [1.29, 1.82) is 0 Å². The van der Waals surface area contributed by atoms with Gasteiger partial charge in [0.15, 0.2) is 5.72 Å². The summed E-state index contributed by atoms with van der Waals surface area (Å²) in [6.45, 7) is 3.21. The molecule has 3 heteroatoms. The Kier molecular flexibility index (Phi) is 1.60. The highest BCUT2D eigenvalue weighted by atomic mass is 15.1. The Morgan fingerprint density at radius 1 is 1.78 bits per heavy atom. The van der Waals surface area contributed by atoms with Crippen LogP contribution in [-0.4, -0.2) is 12.4 Å². The first-order valence-electron chi connectivity index (χ1n) is 3.27. The van der Waals surface area contributed by atoms with E-state index < -0.39 is 0 Å². The monoisotopic (exact) mass is 123 g/mol. The molecule has 0 aliphatic carbocycles. The van der Waals surface area contributed by atoms with E-state index in [0.29, 0.717) is 0 Å². The van der Waals surface area contributed by atoms with Crippen LogP contribution in [0.3, 0.4) is 0 Å². The van der Waals surface area contributed by atoms with Gasteiger partial charge in [-0.25, -0.2) is 9.13 Å². The van der Waals surface area contributed by atoms with Gasteiger partial charge >= 0.3 is 0 Å². The van der Waals surface area contributed by atoms with Gasteiger partial charge in [0.2, 0.25) is 7.85 Å². The predicted molar refractivity (Wildman–Crippen MR) is 39.5 cm³/mol. The molecule has 48 valence electrons. The molecule has 0 aromatic carbocycles. The Morgan fingerprint density at radius 2 is 2.44 bits per heavy atom. The van der Waals surface area contributed by atoms with Crippen LogP contribution in [0.5, 0.6) is 0 Å². The van der Waals surface area contributed by atoms with Gasteiger partial charge in [-0.1, -0.05) is 0 Å². The van der Waals surface area contributed by atoms with Crippen LogP contribution in [0.15, 0.2) is 12.4 Å². The summed E-state index contributed by atoms with van der Waals surface area (Å²) in [6, 6.07) is 0. The molecular formula is C6H12BN2+. The van der Waals surface area contributed by atoms with E-state index in [1.165, 1.54) is 5.72 Å². The van der Waals surface area contributed by atoms with Crippen molar-refractivity contribution in [3.63, 3.8) is 0 Å². The molecule has 0 radical (unpaired) electrons. The maximum absolute atomic E-state index is 2.21. The van der Waals surface area contributed by atoms with Gasteiger partial charge in [0, 0.05) is 0 Å². The van der Waals surface area contributed by atoms with Crippen molar-refractivity contribution in [1.82, 2.24) is 4.57 Å². The minimum absolute atomic E-state index is 1.06. The minimum Gasteiger partial charge on any atom is -0.247 e. The average molecular weight is 123 g/mol. The fourth-order valence-corrected chi connectivity index (χ4v) is 0.933. The largest absolute Gasteiger partial charge is 0.248 e. The zero-order valence-corrected chi connectivity index (χ0v) is 6.26. The van der Waals surface area contributed by atoms with E-state index in [4.69, 9.17) is 0 Å². The second-order valence-corrected chi connectivity index (χ2v) is 2.24. The van der Waals surface area contributed by atoms with Crippen molar-refractivity contribution in [3.8, 4) is 0 Å². The third kappa shape index (κ3) is 0.993. The molecule has 0 amide bonds. The van der Waals surface area contributed by atoms with Crippen molar-refractivity contribution in [2.75, 3.05) is 0 Å². The molecule has 1 rings (SSSR count). The maximum Gasteiger partial charge on any atom is 0.248 e. The molecule has 0 bridgehead atoms. The van der Waals surface area contributed by atoms with Gasteiger partial charge in [0.05, 0.1) is 13.6 Å². The van der Waals surface area contributed by atoms with Crippen LogP contribution in [0.2, 0.25) is 0 Å². The Labute approximate surface area is 56.5 Å². The number of aromatic nitrogens is 2. The third-order valence-electron chi connectivity index (χ3n) is 1.74. The van der Waals surface area contributed by atoms with Gasteiger partial charge in [-0.3, -0.25) is 0 Å². The predicted octanol–water partition coefficient (Wildman–Crippen LogP) is -1.41. The van der Waals surface area contributed by atoms with E-state index in [1.54, 1.807) is 0 Å². The fraction of sp³-hybridized carbons (Fsp3) is 0.500. The first-order valence-corrected chi connectivity index (χ1v) is 3.27. The number of aryl methyl sites for hydroxylation is 2. The lowest BCUT2D eigenvalue weighted by Crippen LogP contribution is -2.48. The van der Waals surface area contributed by atoms with Crippen LogP contribution in [0.25, 0.3) is 0 Å². The molecule has 0 saturated carbocycles. The van der Waals surface area contributed by atoms with Crippen LogP contribution in [0.4, 0.5) is 0 Å². The van der Waals surface area contributed by atoms with E-state index in [0.717, 1.165) is 6.54 Å². The van der Waals surface area contributed by atoms with Crippen molar-refractivity contribution >= 4 is 13.6 Å². The molecule has 0 aliphatic rings. The normalized spacial score (nSPS) is 10.0. The topological polar surface area (TPSA) is 8.81 Å². The molecule has 0 aliphatic heterocycles. The van der Waals surface area contributed by atoms with Gasteiger partial charge in [-0.05, 0) is 6.92 Å². The quantitative estimate of drug-likeness (QED) is 0.320. The summed E-state index contributed by atoms with van der Waals surface area (Å²) in [4.78, 5) is 0. The van der Waals surface area contributed by atoms with Gasteiger partial charge < -0.3 is 0 Å². The van der Waals surface area contributed by atoms with Crippen LogP contribution < -0.4 is 10.3 Å². The molecule has 0 unspecified atom stereocenters. The lowest BCUT2D eigenvalue weighted by molar-refractivity contribution is -0.675. The van der Waals surface area contributed by atoms with E-state index in [1.807, 2.05) is 0 Å². The molecule has 2 nitrogen and oxygen atoms in total. The molecular weight excluding hydrogens is 111 g/mol. The first kappa shape index (κ1) is 6.40. The number of rotatable bonds is 1. The molecule has 9 heavy (non-hydrogen) atoms. The first-order chi connectivity index (χ1) is 4.25. The Hall–Kier alpha value is -0.725. The molecule has 1 aromatic heterocycles. The van der Waals surface area contributed by atoms with Crippen LogP contribution >= 0.6 is 0 Å². The van der Waals surface area contributed by atoms with E-state index in [2.05, 4.69) is 43.3 Å². The van der Waals surface area contributed by atoms with E-state index in [9.17, 15) is 0 Å². The van der Waals surface area contributed by atoms with Gasteiger partial charge in [0.1, 0.15) is 12.4 Å². The number of nitrogens with zero attached hydrogens (tertiary/aromatic N) is 2. The molecule has 0 N–H and O–H groups in total. The van der Waals surface area contributed by atoms with Crippen molar-refractivity contribution in [3.05, 3.63) is 12.4 Å². The van der Waals surface area contributed by atoms with Crippen LogP contribution in [-0.2, 0) is 13.6 Å². The van der Waals surface area contributed by atoms with Crippen molar-refractivity contribution in [2.24, 2.45) is 7.05 Å². The van der Waals surface area contributed by atoms with Gasteiger partial charge in [-0.15, -0.1) is 0 Å². The fourth-order valence-electron chi connectivity index (χ4n) is 0.933. The summed E-state index contributed by atoms with van der Waals surface area (Å²) in [6.07, 6.45) is 4.16. The zero-order chi connectivity index (χ0) is 6.85. The number of hydrogen-bond donors (Lipinski definition) is 0. The highest BCUT2D eigenvalue weighted by Gasteiger charge is 2.03. The Morgan fingerprint density at radius 3 is 2.67 bits per heavy atom. The maximum atomic E-state index is 2.21. The summed E-state index contributed by atoms with van der Waals surface area (Å²) in [7, 11) is 4.17. The smallest absolute Gasteiger partial charge is 0.247 e. The van der Waals surface area contributed by atoms with E-state index >= 15 is 0 Å². The Balaban J connectivity index is 3.04. The molecule has 0 fully saturated rings. The van der Waals surface area contributed by atoms with Crippen molar-refractivity contribution < 1.29 is 4.57 Å². The van der Waals surface area contributed by atoms with Gasteiger partial charge in [-0.2, -0.15) is 0 Å². The Bertz CT molecular complexity index is 205. The molecule has 0 spiro atoms. The number of imidazole rings is 1. The molecule has 0 saturated heterocycles. The third-order valence-corrected chi connectivity index (χ3v) is 1.74. The lowest BCUT2D eigenvalue weighted by atomic mass is 10.1. The summed E-state index contributed by atoms with van der Waals surface area (Å²) < 4.78 is 4.32. The summed E-state index contributed by atoms with van der Waals surface area (Å²) in [5.41, 5.74) is 1.30. The lowest BCUT2D eigenvalue weighted by Gasteiger charge is -1.90. The van der Waals surface area contributed by atoms with Crippen molar-refractivity contribution in [2.45, 2.75) is 13.5 Å². The second kappa shape index (κ2) is 2.25. The summed E-state index contributed by atoms with van der Waals surface area (Å²) in [5, 5.41) is 0. The summed E-state index contributed by atoms with van der Waals surface area (Å²) >= 11 is 0. The minimum atomic E-state index is 1.06. The molecule has 1 heterocycles. The average Bonchev–Trinajstić information content (AvgIpc) is 2.15. The summed E-state index contributed by atoms with van der Waals surface area (Å²) in [5.74, 6) is 0. The zero-order valence-electron chi connectivity index (χ0n) is 6.26. The molecule has 1 aromatic rings. The SMILES string of the molecule is Bc1n(C)cc[n+]1CC. The second-order valence-electron chi connectivity index (χ2n) is 2.24.